The van der Waals surface area contributed by atoms with E-state index < -0.39 is 0 Å². The number of hydrogen-bond donors (Lipinski definition) is 1. The molecule has 2 aromatic heterocycles. The summed E-state index contributed by atoms with van der Waals surface area (Å²) in [6, 6.07) is 0. The van der Waals surface area contributed by atoms with Crippen LogP contribution in [0.5, 0.6) is 0 Å². The van der Waals surface area contributed by atoms with E-state index in [1.54, 1.807) is 17.5 Å². The van der Waals surface area contributed by atoms with Crippen molar-refractivity contribution in [3.05, 3.63) is 34.9 Å². The van der Waals surface area contributed by atoms with Crippen molar-refractivity contribution < 1.29 is 4.42 Å². The average Bonchev–Trinajstić information content (AvgIpc) is 2.86. The lowest BCUT2D eigenvalue weighted by atomic mass is 10.3. The predicted molar refractivity (Wildman–Crippen MR) is 54.0 cm³/mol. The minimum Gasteiger partial charge on any atom is -0.447 e. The molecule has 1 N–H and O–H groups in total. The van der Waals surface area contributed by atoms with Gasteiger partial charge >= 0.3 is 0 Å². The average molecular weight is 209 g/mol. The molecule has 2 heterocycles. The van der Waals surface area contributed by atoms with E-state index >= 15 is 0 Å². The number of nitrogens with one attached hydrogen (secondary N) is 1. The molecule has 14 heavy (non-hydrogen) atoms. The number of aromatic nitrogens is 2. The lowest BCUT2D eigenvalue weighted by molar-refractivity contribution is 0.480. The van der Waals surface area contributed by atoms with Crippen molar-refractivity contribution in [3.63, 3.8) is 0 Å². The lowest BCUT2D eigenvalue weighted by Gasteiger charge is -1.99. The van der Waals surface area contributed by atoms with Crippen LogP contribution in [0.3, 0.4) is 0 Å². The molecular weight excluding hydrogens is 198 g/mol. The molecule has 0 radical (unpaired) electrons. The third-order valence-corrected chi connectivity index (χ3v) is 2.46. The van der Waals surface area contributed by atoms with Crippen LogP contribution < -0.4 is 5.32 Å². The fourth-order valence-electron chi connectivity index (χ4n) is 1.12. The molecule has 5 heteroatoms. The van der Waals surface area contributed by atoms with Crippen LogP contribution in [0, 0.1) is 0 Å². The van der Waals surface area contributed by atoms with Gasteiger partial charge in [-0.3, -0.25) is 0 Å². The minimum atomic E-state index is 0.726. The third-order valence-electron chi connectivity index (χ3n) is 1.82. The summed E-state index contributed by atoms with van der Waals surface area (Å²) in [5.41, 5.74) is 2.99. The Bertz CT molecular complexity index is 308. The fourth-order valence-corrected chi connectivity index (χ4v) is 1.71. The molecule has 0 atom stereocenters. The van der Waals surface area contributed by atoms with Gasteiger partial charge in [0.05, 0.1) is 23.9 Å². The summed E-state index contributed by atoms with van der Waals surface area (Å²) in [5.74, 6) is 0.864. The first-order valence-corrected chi connectivity index (χ1v) is 5.34. The summed E-state index contributed by atoms with van der Waals surface area (Å²) in [4.78, 5) is 8.03. The van der Waals surface area contributed by atoms with E-state index in [0.29, 0.717) is 0 Å². The van der Waals surface area contributed by atoms with Crippen LogP contribution in [-0.4, -0.2) is 16.5 Å². The Balaban J connectivity index is 1.65. The quantitative estimate of drug-likeness (QED) is 0.757. The van der Waals surface area contributed by atoms with Crippen LogP contribution in [0.4, 0.5) is 0 Å². The Morgan fingerprint density at radius 3 is 3.21 bits per heavy atom. The number of nitrogens with zero attached hydrogens (tertiary/aromatic N) is 2. The molecule has 0 saturated heterocycles. The summed E-state index contributed by atoms with van der Waals surface area (Å²) in [6.45, 7) is 1.63. The van der Waals surface area contributed by atoms with Gasteiger partial charge in [-0.05, 0) is 0 Å². The maximum absolute atomic E-state index is 5.08. The maximum Gasteiger partial charge on any atom is 0.180 e. The van der Waals surface area contributed by atoms with Crippen molar-refractivity contribution in [2.45, 2.75) is 13.0 Å². The van der Waals surface area contributed by atoms with Crippen LogP contribution in [0.15, 0.2) is 27.9 Å². The van der Waals surface area contributed by atoms with Gasteiger partial charge in [0, 0.05) is 18.3 Å². The molecule has 0 amide bonds. The molecule has 74 valence electrons. The Morgan fingerprint density at radius 1 is 1.50 bits per heavy atom. The van der Waals surface area contributed by atoms with E-state index in [0.717, 1.165) is 31.0 Å². The van der Waals surface area contributed by atoms with Crippen molar-refractivity contribution in [2.75, 3.05) is 6.54 Å². The van der Waals surface area contributed by atoms with Crippen LogP contribution >= 0.6 is 11.3 Å². The molecule has 2 rings (SSSR count). The molecule has 0 aliphatic heterocycles. The molecule has 0 aliphatic rings. The normalized spacial score (nSPS) is 10.6. The molecule has 0 unspecified atom stereocenters. The first-order chi connectivity index (χ1) is 6.95. The zero-order valence-corrected chi connectivity index (χ0v) is 8.46. The predicted octanol–water partition coefficient (Wildman–Crippen LogP) is 1.46. The Kier molecular flexibility index (Phi) is 3.26. The van der Waals surface area contributed by atoms with E-state index in [4.69, 9.17) is 4.42 Å². The van der Waals surface area contributed by atoms with Crippen LogP contribution in [-0.2, 0) is 13.0 Å². The second kappa shape index (κ2) is 4.88. The summed E-state index contributed by atoms with van der Waals surface area (Å²) in [7, 11) is 0. The zero-order valence-electron chi connectivity index (χ0n) is 7.64. The topological polar surface area (TPSA) is 51.0 Å². The third kappa shape index (κ3) is 2.65. The SMILES string of the molecule is c1ncc(CNCCc2cscn2)o1. The van der Waals surface area contributed by atoms with Gasteiger partial charge in [-0.25, -0.2) is 9.97 Å². The van der Waals surface area contributed by atoms with Crippen LogP contribution in [0.1, 0.15) is 11.5 Å². The highest BCUT2D eigenvalue weighted by atomic mass is 32.1. The van der Waals surface area contributed by atoms with Gasteiger partial charge in [-0.15, -0.1) is 11.3 Å². The molecule has 0 fully saturated rings. The number of oxazole rings is 1. The van der Waals surface area contributed by atoms with E-state index in [2.05, 4.69) is 20.7 Å². The molecule has 2 aromatic rings. The number of thiazole rings is 1. The van der Waals surface area contributed by atoms with E-state index in [-0.39, 0.29) is 0 Å². The largest absolute Gasteiger partial charge is 0.447 e. The maximum atomic E-state index is 5.08. The van der Waals surface area contributed by atoms with Crippen LogP contribution in [0.25, 0.3) is 0 Å². The molecule has 0 aromatic carbocycles. The highest BCUT2D eigenvalue weighted by molar-refractivity contribution is 7.07. The monoisotopic (exact) mass is 209 g/mol. The van der Waals surface area contributed by atoms with Crippen molar-refractivity contribution in [3.8, 4) is 0 Å². The zero-order chi connectivity index (χ0) is 9.64. The molecule has 4 nitrogen and oxygen atoms in total. The Morgan fingerprint density at radius 2 is 2.50 bits per heavy atom. The van der Waals surface area contributed by atoms with E-state index in [1.807, 2.05) is 5.51 Å². The van der Waals surface area contributed by atoms with Crippen molar-refractivity contribution in [2.24, 2.45) is 0 Å². The highest BCUT2D eigenvalue weighted by Crippen LogP contribution is 2.01. The van der Waals surface area contributed by atoms with Crippen molar-refractivity contribution >= 4 is 11.3 Å². The summed E-state index contributed by atoms with van der Waals surface area (Å²) in [6.07, 6.45) is 4.12. The smallest absolute Gasteiger partial charge is 0.180 e. The minimum absolute atomic E-state index is 0.726. The summed E-state index contributed by atoms with van der Waals surface area (Å²) >= 11 is 1.63. The summed E-state index contributed by atoms with van der Waals surface area (Å²) in [5, 5.41) is 5.32. The van der Waals surface area contributed by atoms with Crippen molar-refractivity contribution in [1.82, 2.24) is 15.3 Å². The molecule has 0 saturated carbocycles. The highest BCUT2D eigenvalue weighted by Gasteiger charge is 1.97. The first-order valence-electron chi connectivity index (χ1n) is 4.40. The van der Waals surface area contributed by atoms with Gasteiger partial charge in [-0.1, -0.05) is 0 Å². The summed E-state index contributed by atoms with van der Waals surface area (Å²) < 4.78 is 5.08. The van der Waals surface area contributed by atoms with Crippen LogP contribution in [0.2, 0.25) is 0 Å². The molecule has 0 bridgehead atoms. The molecule has 0 spiro atoms. The number of hydrogen-bond acceptors (Lipinski definition) is 5. The molecule has 0 aliphatic carbocycles. The number of rotatable bonds is 5. The second-order valence-corrected chi connectivity index (χ2v) is 3.59. The standard InChI is InChI=1S/C9H11N3OS/c1(8-5-14-7-12-8)2-10-3-9-4-11-6-13-9/h4-7,10H,1-3H2. The van der Waals surface area contributed by atoms with Gasteiger partial charge in [0.25, 0.3) is 0 Å². The van der Waals surface area contributed by atoms with Gasteiger partial charge < -0.3 is 9.73 Å². The molecular formula is C9H11N3OS. The van der Waals surface area contributed by atoms with Gasteiger partial charge in [0.2, 0.25) is 0 Å². The van der Waals surface area contributed by atoms with E-state index in [9.17, 15) is 0 Å². The second-order valence-electron chi connectivity index (χ2n) is 2.87. The fraction of sp³-hybridized carbons (Fsp3) is 0.333. The van der Waals surface area contributed by atoms with Gasteiger partial charge in [0.15, 0.2) is 6.39 Å². The lowest BCUT2D eigenvalue weighted by Crippen LogP contribution is -2.16. The van der Waals surface area contributed by atoms with Gasteiger partial charge in [0.1, 0.15) is 5.76 Å². The Hall–Kier alpha value is -1.20. The van der Waals surface area contributed by atoms with Gasteiger partial charge in [-0.2, -0.15) is 0 Å². The first kappa shape index (κ1) is 9.36. The van der Waals surface area contributed by atoms with Crippen molar-refractivity contribution in [1.29, 1.82) is 0 Å². The Labute approximate surface area is 86.0 Å². The van der Waals surface area contributed by atoms with E-state index in [1.165, 1.54) is 6.39 Å².